The Balaban J connectivity index is 0.000000122. The van der Waals surface area contributed by atoms with Gasteiger partial charge in [-0.1, -0.05) is 213 Å². The standard InChI is InChI=1S/C24H22N8O.C21H24N8O.C20H20N8O.C20H22N8O.C19H20N8O/c1-17(15-18-9-4-3-5-10-18)25-22-14-8-11-19(26-22)16-33-24-27-20-12-6-7-13-21(20)32(24)23-28-29-30-31(23)2;1-4-5-9-15(2)22-19-13-8-10-16(23-19)14-30-21-24-17-11-6-7-12-18(17)29(21)20-25-26-27-28(20)3;1-13(14-10-11-14)21-18-9-5-6-15(22-18)12-29-20-23-16-7-3-4-8-17(16)28(20)19-24-25-26-27(19)2;1-4-8-14(2)21-18-12-7-9-15(22-18)13-29-20-23-16-10-5-6-11-17(16)28(20)19-24-25-26-27(19)3;1-4-13(2)20-17-11-7-8-14(21-17)12-28-19-22-15-9-5-6-10-16(15)27(19)18-23-24-25-26(18)3/h3-14H,1,15-16H2,2H3,(H,25,26);6-8,10-13H,2,4-5,9,14H2,1,3H3,(H,22,23);3-9,14H,1,10-12H2,2H3,(H,21,22);5-7,9-12H,2,4,8,13H2,1,3H3,(H,21,22);5-11H,2,4,12H2,1,3H3,(H,20,21). The molecule has 21 aromatic rings. The third-order valence-corrected chi connectivity index (χ3v) is 23.1. The van der Waals surface area contributed by atoms with E-state index in [0.717, 1.165) is 180 Å². The molecule has 0 radical (unpaired) electrons. The van der Waals surface area contributed by atoms with Gasteiger partial charge in [0, 0.05) is 70.1 Å². The number of hydrogen-bond donors (Lipinski definition) is 5. The summed E-state index contributed by atoms with van der Waals surface area (Å²) >= 11 is 0. The van der Waals surface area contributed by atoms with Crippen LogP contribution < -0.4 is 50.3 Å². The van der Waals surface area contributed by atoms with Crippen molar-refractivity contribution in [3.05, 3.63) is 338 Å². The highest BCUT2D eigenvalue weighted by molar-refractivity contribution is 5.82. The normalized spacial score (nSPS) is 11.5. The van der Waals surface area contributed by atoms with Crippen LogP contribution >= 0.6 is 0 Å². The van der Waals surface area contributed by atoms with Crippen LogP contribution in [0.4, 0.5) is 29.1 Å². The van der Waals surface area contributed by atoms with Crippen molar-refractivity contribution in [3.8, 4) is 59.8 Å². The molecule has 5 N–H and O–H groups in total. The number of ether oxygens (including phenoxy) is 5. The predicted molar refractivity (Wildman–Crippen MR) is 561 cm³/mol. The molecule has 15 aromatic heterocycles. The van der Waals surface area contributed by atoms with Crippen LogP contribution in [0.1, 0.15) is 106 Å². The number of allylic oxidation sites excluding steroid dienone is 5. The summed E-state index contributed by atoms with van der Waals surface area (Å²) in [5.41, 5.74) is 18.0. The van der Waals surface area contributed by atoms with Crippen LogP contribution in [0.3, 0.4) is 0 Å². The highest BCUT2D eigenvalue weighted by Crippen LogP contribution is 2.37. The van der Waals surface area contributed by atoms with Gasteiger partial charge in [-0.15, -0.1) is 0 Å². The minimum Gasteiger partial charge on any atom is -0.458 e. The Morgan fingerprint density at radius 2 is 0.544 bits per heavy atom. The third-order valence-electron chi connectivity index (χ3n) is 23.1. The van der Waals surface area contributed by atoms with Crippen LogP contribution in [0.25, 0.3) is 84.9 Å². The van der Waals surface area contributed by atoms with E-state index < -0.39 is 0 Å². The van der Waals surface area contributed by atoms with E-state index in [1.165, 1.54) is 18.4 Å². The summed E-state index contributed by atoms with van der Waals surface area (Å²) in [6.45, 7) is 27.8. The topological polar surface area (TPSA) is 478 Å². The van der Waals surface area contributed by atoms with Gasteiger partial charge in [-0.05, 0) is 223 Å². The molecule has 1 aliphatic carbocycles. The number of rotatable bonds is 39. The molecule has 0 aliphatic heterocycles. The maximum atomic E-state index is 6.07. The van der Waals surface area contributed by atoms with Crippen LogP contribution in [0.15, 0.2) is 304 Å². The average Bonchev–Trinajstić information content (AvgIpc) is 1.64. The van der Waals surface area contributed by atoms with E-state index in [9.17, 15) is 0 Å². The van der Waals surface area contributed by atoms with Crippen LogP contribution in [-0.2, 0) is 74.7 Å². The predicted octanol–water partition coefficient (Wildman–Crippen LogP) is 16.3. The molecule has 1 saturated carbocycles. The zero-order valence-corrected chi connectivity index (χ0v) is 83.3. The van der Waals surface area contributed by atoms with E-state index in [-0.39, 0.29) is 33.0 Å². The Bertz CT molecular complexity index is 8240. The summed E-state index contributed by atoms with van der Waals surface area (Å²) in [5, 5.41) is 75.0. The van der Waals surface area contributed by atoms with Gasteiger partial charge in [-0.3, -0.25) is 0 Å². The molecule has 0 atom stereocenters. The second-order valence-electron chi connectivity index (χ2n) is 34.3. The molecule has 0 bridgehead atoms. The van der Waals surface area contributed by atoms with Crippen LogP contribution in [0.2, 0.25) is 0 Å². The van der Waals surface area contributed by atoms with E-state index in [4.69, 9.17) is 23.7 Å². The maximum absolute atomic E-state index is 6.07. The van der Waals surface area contributed by atoms with Gasteiger partial charge in [0.15, 0.2) is 0 Å². The molecule has 1 fully saturated rings. The van der Waals surface area contributed by atoms with E-state index in [0.29, 0.717) is 71.5 Å². The van der Waals surface area contributed by atoms with E-state index in [2.05, 4.69) is 213 Å². The van der Waals surface area contributed by atoms with Gasteiger partial charge in [0.25, 0.3) is 29.7 Å². The number of anilines is 5. The fourth-order valence-corrected chi connectivity index (χ4v) is 15.6. The van der Waals surface area contributed by atoms with Crippen molar-refractivity contribution in [1.82, 2.24) is 174 Å². The smallest absolute Gasteiger partial charge is 0.305 e. The Labute approximate surface area is 854 Å². The molecule has 149 heavy (non-hydrogen) atoms. The number of pyridine rings is 5. The Morgan fingerprint density at radius 1 is 0.282 bits per heavy atom. The van der Waals surface area contributed by atoms with Crippen LogP contribution in [0.5, 0.6) is 30.1 Å². The van der Waals surface area contributed by atoms with Gasteiger partial charge >= 0.3 is 30.1 Å². The first-order valence-electron chi connectivity index (χ1n) is 48.1. The van der Waals surface area contributed by atoms with Crippen molar-refractivity contribution < 1.29 is 23.7 Å². The van der Waals surface area contributed by atoms with Crippen LogP contribution in [-0.4, -0.2) is 174 Å². The fourth-order valence-electron chi connectivity index (χ4n) is 15.6. The van der Waals surface area contributed by atoms with Crippen molar-refractivity contribution in [3.63, 3.8) is 0 Å². The molecule has 15 heterocycles. The fraction of sp³-hybridized carbons (Fsp3) is 0.221. The number of aryl methyl sites for hydroxylation is 5. The molecule has 754 valence electrons. The average molecular weight is 2000 g/mol. The Hall–Kier alpha value is -19.5. The van der Waals surface area contributed by atoms with Crippen molar-refractivity contribution in [1.29, 1.82) is 0 Å². The largest absolute Gasteiger partial charge is 0.458 e. The van der Waals surface area contributed by atoms with Gasteiger partial charge < -0.3 is 50.3 Å². The van der Waals surface area contributed by atoms with E-state index in [1.807, 2.05) is 237 Å². The number of para-hydroxylation sites is 10. The number of imidazole rings is 5. The van der Waals surface area contributed by atoms with Gasteiger partial charge in [-0.2, -0.15) is 24.9 Å². The van der Waals surface area contributed by atoms with Gasteiger partial charge in [-0.25, -0.2) is 71.2 Å². The first-order chi connectivity index (χ1) is 72.8. The number of tetrazole rings is 5. The van der Waals surface area contributed by atoms with Crippen molar-refractivity contribution in [2.45, 2.75) is 112 Å². The SMILES string of the molecule is C=C(CC)Nc1cccc(COc2nc3ccccc3n2-c2nnnn2C)n1.C=C(CCC)Nc1cccc(COc2nc3ccccc3n2-c2nnnn2C)n1.C=C(CCCC)Nc1cccc(COc2nc3ccccc3n2-c2nnnn2C)n1.C=C(Cc1ccccc1)Nc1cccc(COc2nc3ccccc3n2-c2nnnn2C)n1.C=C(Nc1cccc(COc2nc3ccccc3n2-c2nnnn2C)n1)C1CC1. The lowest BCUT2D eigenvalue weighted by molar-refractivity contribution is 0.272. The lowest BCUT2D eigenvalue weighted by Gasteiger charge is -2.11. The molecule has 0 unspecified atom stereocenters. The number of benzene rings is 6. The zero-order chi connectivity index (χ0) is 103. The second-order valence-corrected chi connectivity index (χ2v) is 34.3. The number of nitrogens with one attached hydrogen (secondary N) is 5. The highest BCUT2D eigenvalue weighted by atomic mass is 16.5. The Morgan fingerprint density at radius 3 is 0.805 bits per heavy atom. The third kappa shape index (κ3) is 24.7. The van der Waals surface area contributed by atoms with Crippen molar-refractivity contribution in [2.75, 3.05) is 26.6 Å². The molecule has 45 nitrogen and oxygen atoms in total. The summed E-state index contributed by atoms with van der Waals surface area (Å²) in [6.07, 6.45) is 9.03. The quantitative estimate of drug-likeness (QED) is 0.0239. The van der Waals surface area contributed by atoms with Crippen molar-refractivity contribution in [2.24, 2.45) is 41.2 Å². The van der Waals surface area contributed by atoms with E-state index in [1.54, 1.807) is 81.5 Å². The minimum absolute atomic E-state index is 0.231. The number of unbranched alkanes of at least 4 members (excludes halogenated alkanes) is 1. The molecular weight excluding hydrogens is 1890 g/mol. The summed E-state index contributed by atoms with van der Waals surface area (Å²) in [7, 11) is 8.86. The number of fused-ring (bicyclic) bond motifs is 5. The molecule has 0 spiro atoms. The highest BCUT2D eigenvalue weighted by Gasteiger charge is 2.28. The lowest BCUT2D eigenvalue weighted by Crippen LogP contribution is -2.09. The molecule has 0 saturated heterocycles. The van der Waals surface area contributed by atoms with Gasteiger partial charge in [0.1, 0.15) is 62.1 Å². The minimum atomic E-state index is 0.231. The zero-order valence-electron chi connectivity index (χ0n) is 83.3. The Kier molecular flexibility index (Phi) is 31.5. The molecule has 6 aromatic carbocycles. The second kappa shape index (κ2) is 47.1. The summed E-state index contributed by atoms with van der Waals surface area (Å²) < 4.78 is 47.0. The summed E-state index contributed by atoms with van der Waals surface area (Å²) in [6, 6.07) is 79.7. The van der Waals surface area contributed by atoms with Gasteiger partial charge in [0.2, 0.25) is 0 Å². The first-order valence-corrected chi connectivity index (χ1v) is 48.1. The summed E-state index contributed by atoms with van der Waals surface area (Å²) in [5.74, 6) is 6.89. The monoisotopic (exact) mass is 2000 g/mol. The molecule has 22 rings (SSSR count). The summed E-state index contributed by atoms with van der Waals surface area (Å²) in [4.78, 5) is 46.1. The molecule has 1 aliphatic rings. The van der Waals surface area contributed by atoms with Crippen molar-refractivity contribution >= 4 is 84.3 Å². The number of hydrogen-bond acceptors (Lipinski definition) is 35. The molecular formula is C104H108N40O5. The maximum Gasteiger partial charge on any atom is 0.305 e. The molecule has 45 heteroatoms. The van der Waals surface area contributed by atoms with Crippen LogP contribution in [0, 0.1) is 5.92 Å². The lowest BCUT2D eigenvalue weighted by atomic mass is 10.1. The number of aromatic nitrogens is 35. The van der Waals surface area contributed by atoms with Gasteiger partial charge in [0.05, 0.1) is 83.6 Å². The number of nitrogens with zero attached hydrogens (tertiary/aromatic N) is 35. The first kappa shape index (κ1) is 99.6. The van der Waals surface area contributed by atoms with E-state index >= 15 is 0 Å². The molecule has 0 amide bonds.